The van der Waals surface area contributed by atoms with Crippen LogP contribution in [0.5, 0.6) is 5.75 Å². The smallest absolute Gasteiger partial charge is 0.217 e. The Kier molecular flexibility index (Phi) is 8.14. The minimum atomic E-state index is -0.192. The van der Waals surface area contributed by atoms with Crippen molar-refractivity contribution in [2.24, 2.45) is 0 Å². The van der Waals surface area contributed by atoms with Crippen LogP contribution in [0.3, 0.4) is 0 Å². The molecular formula is C27H34ClN3O3. The number of hydrogen-bond acceptors (Lipinski definition) is 4. The summed E-state index contributed by atoms with van der Waals surface area (Å²) < 4.78 is 8.29. The SMILES string of the molecule is CC(=O)NC(C)Cn1c(-c2cccc(Cl)c2)cc2cc(OCCCN3CCCC(O)C3)ccc21. The van der Waals surface area contributed by atoms with E-state index in [1.54, 1.807) is 6.92 Å². The summed E-state index contributed by atoms with van der Waals surface area (Å²) in [7, 11) is 0. The third-order valence-electron chi connectivity index (χ3n) is 6.27. The van der Waals surface area contributed by atoms with Crippen molar-refractivity contribution in [2.45, 2.75) is 51.8 Å². The first-order valence-electron chi connectivity index (χ1n) is 12.1. The molecule has 1 fully saturated rings. The van der Waals surface area contributed by atoms with Crippen LogP contribution in [-0.4, -0.2) is 58.9 Å². The molecule has 0 spiro atoms. The van der Waals surface area contributed by atoms with Gasteiger partial charge >= 0.3 is 0 Å². The molecule has 0 radical (unpaired) electrons. The maximum atomic E-state index is 11.6. The normalized spacial score (nSPS) is 17.6. The van der Waals surface area contributed by atoms with E-state index >= 15 is 0 Å². The predicted molar refractivity (Wildman–Crippen MR) is 137 cm³/mol. The minimum absolute atomic E-state index is 0.0183. The number of nitrogens with zero attached hydrogens (tertiary/aromatic N) is 2. The Bertz CT molecular complexity index is 1130. The molecular weight excluding hydrogens is 450 g/mol. The summed E-state index contributed by atoms with van der Waals surface area (Å²) in [4.78, 5) is 13.9. The molecule has 34 heavy (non-hydrogen) atoms. The monoisotopic (exact) mass is 483 g/mol. The zero-order valence-corrected chi connectivity index (χ0v) is 20.7. The van der Waals surface area contributed by atoms with Gasteiger partial charge in [-0.15, -0.1) is 0 Å². The zero-order chi connectivity index (χ0) is 24.1. The van der Waals surface area contributed by atoms with Gasteiger partial charge in [-0.3, -0.25) is 4.79 Å². The second-order valence-corrected chi connectivity index (χ2v) is 9.71. The van der Waals surface area contributed by atoms with E-state index in [2.05, 4.69) is 39.0 Å². The fourth-order valence-electron chi connectivity index (χ4n) is 4.80. The quantitative estimate of drug-likeness (QED) is 0.432. The summed E-state index contributed by atoms with van der Waals surface area (Å²) in [5.41, 5.74) is 3.17. The van der Waals surface area contributed by atoms with Gasteiger partial charge in [0.05, 0.1) is 12.7 Å². The molecule has 7 heteroatoms. The highest BCUT2D eigenvalue weighted by Gasteiger charge is 2.17. The van der Waals surface area contributed by atoms with Gasteiger partial charge in [0.1, 0.15) is 5.75 Å². The van der Waals surface area contributed by atoms with E-state index in [9.17, 15) is 9.90 Å². The van der Waals surface area contributed by atoms with E-state index in [0.29, 0.717) is 18.2 Å². The number of β-amino-alcohol motifs (C(OH)–C–C–N with tert-alkyl or cyclic N) is 1. The lowest BCUT2D eigenvalue weighted by molar-refractivity contribution is -0.119. The van der Waals surface area contributed by atoms with Crippen LogP contribution in [0.15, 0.2) is 48.5 Å². The molecule has 182 valence electrons. The van der Waals surface area contributed by atoms with Crippen molar-refractivity contribution in [3.8, 4) is 17.0 Å². The van der Waals surface area contributed by atoms with Gasteiger partial charge in [0.15, 0.2) is 0 Å². The Morgan fingerprint density at radius 3 is 2.88 bits per heavy atom. The number of likely N-dealkylation sites (tertiary alicyclic amines) is 1. The lowest BCUT2D eigenvalue weighted by Crippen LogP contribution is -2.39. The third-order valence-corrected chi connectivity index (χ3v) is 6.50. The number of piperidine rings is 1. The Balaban J connectivity index is 1.50. The van der Waals surface area contributed by atoms with Gasteiger partial charge in [-0.1, -0.05) is 23.7 Å². The maximum absolute atomic E-state index is 11.6. The van der Waals surface area contributed by atoms with Crippen molar-refractivity contribution >= 4 is 28.4 Å². The van der Waals surface area contributed by atoms with E-state index in [0.717, 1.165) is 66.8 Å². The number of fused-ring (bicyclic) bond motifs is 1. The molecule has 2 atom stereocenters. The highest BCUT2D eigenvalue weighted by Crippen LogP contribution is 2.32. The van der Waals surface area contributed by atoms with Gasteiger partial charge in [-0.25, -0.2) is 0 Å². The van der Waals surface area contributed by atoms with E-state index in [-0.39, 0.29) is 18.1 Å². The molecule has 0 bridgehead atoms. The fourth-order valence-corrected chi connectivity index (χ4v) is 4.99. The second kappa shape index (κ2) is 11.3. The summed E-state index contributed by atoms with van der Waals surface area (Å²) in [5, 5.41) is 14.6. The first kappa shape index (κ1) is 24.6. The lowest BCUT2D eigenvalue weighted by Gasteiger charge is -2.29. The van der Waals surface area contributed by atoms with Crippen LogP contribution in [0.25, 0.3) is 22.2 Å². The summed E-state index contributed by atoms with van der Waals surface area (Å²) in [6.07, 6.45) is 2.70. The number of carbonyl (C=O) groups is 1. The molecule has 2 aromatic carbocycles. The molecule has 1 aliphatic heterocycles. The molecule has 0 saturated carbocycles. The molecule has 3 aromatic rings. The van der Waals surface area contributed by atoms with Crippen LogP contribution in [0, 0.1) is 0 Å². The van der Waals surface area contributed by atoms with Crippen LogP contribution in [-0.2, 0) is 11.3 Å². The fraction of sp³-hybridized carbons (Fsp3) is 0.444. The first-order chi connectivity index (χ1) is 16.4. The van der Waals surface area contributed by atoms with Crippen LogP contribution >= 0.6 is 11.6 Å². The molecule has 1 aromatic heterocycles. The van der Waals surface area contributed by atoms with Crippen molar-refractivity contribution in [1.82, 2.24) is 14.8 Å². The molecule has 2 heterocycles. The molecule has 1 aliphatic rings. The lowest BCUT2D eigenvalue weighted by atomic mass is 10.1. The number of amides is 1. The van der Waals surface area contributed by atoms with Crippen LogP contribution in [0.2, 0.25) is 5.02 Å². The number of rotatable bonds is 9. The largest absolute Gasteiger partial charge is 0.494 e. The average molecular weight is 484 g/mol. The number of aliphatic hydroxyl groups is 1. The second-order valence-electron chi connectivity index (χ2n) is 9.27. The Labute approximate surface area is 206 Å². The van der Waals surface area contributed by atoms with Crippen LogP contribution in [0.1, 0.15) is 33.1 Å². The summed E-state index contributed by atoms with van der Waals surface area (Å²) in [5.74, 6) is 0.805. The number of carbonyl (C=O) groups excluding carboxylic acids is 1. The topological polar surface area (TPSA) is 66.7 Å². The molecule has 1 saturated heterocycles. The van der Waals surface area contributed by atoms with Crippen molar-refractivity contribution in [2.75, 3.05) is 26.2 Å². The molecule has 4 rings (SSSR count). The van der Waals surface area contributed by atoms with Crippen molar-refractivity contribution in [1.29, 1.82) is 0 Å². The van der Waals surface area contributed by atoms with E-state index in [4.69, 9.17) is 16.3 Å². The summed E-state index contributed by atoms with van der Waals surface area (Å²) in [6, 6.07) is 16.1. The van der Waals surface area contributed by atoms with Gasteiger partial charge in [0.2, 0.25) is 5.91 Å². The number of ether oxygens (including phenoxy) is 1. The average Bonchev–Trinajstić information content (AvgIpc) is 3.14. The Hall–Kier alpha value is -2.54. The predicted octanol–water partition coefficient (Wildman–Crippen LogP) is 4.71. The Morgan fingerprint density at radius 2 is 2.12 bits per heavy atom. The van der Waals surface area contributed by atoms with Gasteiger partial charge in [0.25, 0.3) is 0 Å². The minimum Gasteiger partial charge on any atom is -0.494 e. The van der Waals surface area contributed by atoms with Crippen molar-refractivity contribution in [3.63, 3.8) is 0 Å². The third kappa shape index (κ3) is 6.32. The number of hydrogen-bond donors (Lipinski definition) is 2. The van der Waals surface area contributed by atoms with Gasteiger partial charge in [-0.05, 0) is 74.7 Å². The van der Waals surface area contributed by atoms with Crippen LogP contribution < -0.4 is 10.1 Å². The molecule has 6 nitrogen and oxygen atoms in total. The molecule has 2 N–H and O–H groups in total. The van der Waals surface area contributed by atoms with Crippen molar-refractivity contribution < 1.29 is 14.6 Å². The maximum Gasteiger partial charge on any atom is 0.217 e. The highest BCUT2D eigenvalue weighted by atomic mass is 35.5. The zero-order valence-electron chi connectivity index (χ0n) is 20.0. The van der Waals surface area contributed by atoms with Gasteiger partial charge < -0.3 is 24.6 Å². The number of aromatic nitrogens is 1. The Morgan fingerprint density at radius 1 is 1.26 bits per heavy atom. The number of benzene rings is 2. The first-order valence-corrected chi connectivity index (χ1v) is 12.5. The number of aliphatic hydroxyl groups excluding tert-OH is 1. The van der Waals surface area contributed by atoms with E-state index in [1.807, 2.05) is 31.2 Å². The van der Waals surface area contributed by atoms with E-state index < -0.39 is 0 Å². The standard InChI is InChI=1S/C27H34ClN3O3/c1-19(29-20(2)32)17-31-26-10-9-25(34-13-5-12-30-11-4-8-24(33)18-30)15-22(26)16-27(31)21-6-3-7-23(28)14-21/h3,6-7,9-10,14-16,19,24,33H,4-5,8,11-13,17-18H2,1-2H3,(H,29,32). The molecule has 1 amide bonds. The number of nitrogens with one attached hydrogen (secondary N) is 1. The summed E-state index contributed by atoms with van der Waals surface area (Å²) >= 11 is 6.28. The van der Waals surface area contributed by atoms with Crippen LogP contribution in [0.4, 0.5) is 0 Å². The van der Waals surface area contributed by atoms with Crippen molar-refractivity contribution in [3.05, 3.63) is 53.6 Å². The number of halogens is 1. The van der Waals surface area contributed by atoms with Gasteiger partial charge in [-0.2, -0.15) is 0 Å². The highest BCUT2D eigenvalue weighted by molar-refractivity contribution is 6.30. The molecule has 2 unspecified atom stereocenters. The molecule has 0 aliphatic carbocycles. The van der Waals surface area contributed by atoms with E-state index in [1.165, 1.54) is 0 Å². The summed E-state index contributed by atoms with van der Waals surface area (Å²) in [6.45, 7) is 7.59. The van der Waals surface area contributed by atoms with Gasteiger partial charge in [0, 0.05) is 54.2 Å².